The third-order valence-electron chi connectivity index (χ3n) is 4.41. The van der Waals surface area contributed by atoms with Crippen molar-refractivity contribution in [2.75, 3.05) is 13.1 Å². The van der Waals surface area contributed by atoms with E-state index in [0.717, 1.165) is 29.5 Å². The van der Waals surface area contributed by atoms with E-state index in [-0.39, 0.29) is 12.1 Å². The summed E-state index contributed by atoms with van der Waals surface area (Å²) in [6, 6.07) is 5.63. The van der Waals surface area contributed by atoms with E-state index in [1.807, 2.05) is 26.0 Å². The van der Waals surface area contributed by atoms with Gasteiger partial charge in [0, 0.05) is 23.1 Å². The number of rotatable bonds is 2. The molecule has 3 rings (SSSR count). The second-order valence-corrected chi connectivity index (χ2v) is 8.54. The zero-order valence-corrected chi connectivity index (χ0v) is 14.0. The molecular formula is C14H19BrN2O2S. The number of hydrogen-bond acceptors (Lipinski definition) is 3. The minimum Gasteiger partial charge on any atom is -0.315 e. The Morgan fingerprint density at radius 1 is 1.35 bits per heavy atom. The quantitative estimate of drug-likeness (QED) is 0.880. The first-order chi connectivity index (χ1) is 9.41. The van der Waals surface area contributed by atoms with Crippen LogP contribution in [0.3, 0.4) is 0 Å². The van der Waals surface area contributed by atoms with Gasteiger partial charge in [0.15, 0.2) is 0 Å². The molecule has 4 nitrogen and oxygen atoms in total. The number of nitrogens with one attached hydrogen (secondary N) is 1. The van der Waals surface area contributed by atoms with Gasteiger partial charge < -0.3 is 5.32 Å². The molecule has 3 unspecified atom stereocenters. The monoisotopic (exact) mass is 358 g/mol. The van der Waals surface area contributed by atoms with Crippen LogP contribution in [0.5, 0.6) is 0 Å². The Labute approximate surface area is 128 Å². The topological polar surface area (TPSA) is 49.4 Å². The molecule has 2 aliphatic rings. The first kappa shape index (κ1) is 14.5. The van der Waals surface area contributed by atoms with Gasteiger partial charge >= 0.3 is 0 Å². The number of sulfonamides is 1. The van der Waals surface area contributed by atoms with Gasteiger partial charge in [0.1, 0.15) is 0 Å². The van der Waals surface area contributed by atoms with E-state index in [2.05, 4.69) is 21.2 Å². The van der Waals surface area contributed by atoms with Crippen LogP contribution in [0.4, 0.5) is 0 Å². The van der Waals surface area contributed by atoms with Gasteiger partial charge in [-0.3, -0.25) is 0 Å². The lowest BCUT2D eigenvalue weighted by Crippen LogP contribution is -2.42. The Kier molecular flexibility index (Phi) is 3.69. The molecule has 0 saturated carbocycles. The molecule has 110 valence electrons. The molecule has 0 spiro atoms. The third-order valence-corrected chi connectivity index (χ3v) is 7.09. The maximum Gasteiger partial charge on any atom is 0.243 e. The van der Waals surface area contributed by atoms with Crippen molar-refractivity contribution in [3.05, 3.63) is 28.2 Å². The van der Waals surface area contributed by atoms with Crippen LogP contribution in [0.2, 0.25) is 0 Å². The lowest BCUT2D eigenvalue weighted by Gasteiger charge is -2.27. The molecule has 2 saturated heterocycles. The molecule has 1 aromatic carbocycles. The van der Waals surface area contributed by atoms with Crippen LogP contribution in [0, 0.1) is 12.8 Å². The molecule has 2 aliphatic heterocycles. The van der Waals surface area contributed by atoms with Gasteiger partial charge in [0.25, 0.3) is 0 Å². The molecule has 0 radical (unpaired) electrons. The maximum absolute atomic E-state index is 13.0. The summed E-state index contributed by atoms with van der Waals surface area (Å²) in [5.74, 6) is 0.451. The van der Waals surface area contributed by atoms with E-state index < -0.39 is 10.0 Å². The van der Waals surface area contributed by atoms with Gasteiger partial charge in [-0.2, -0.15) is 4.31 Å². The van der Waals surface area contributed by atoms with Crippen LogP contribution < -0.4 is 5.32 Å². The van der Waals surface area contributed by atoms with Crippen molar-refractivity contribution in [1.82, 2.24) is 9.62 Å². The van der Waals surface area contributed by atoms with Gasteiger partial charge in [-0.25, -0.2) is 8.42 Å². The summed E-state index contributed by atoms with van der Waals surface area (Å²) in [5, 5.41) is 3.31. The third kappa shape index (κ3) is 2.22. The van der Waals surface area contributed by atoms with Crippen LogP contribution in [0.25, 0.3) is 0 Å². The summed E-state index contributed by atoms with van der Waals surface area (Å²) >= 11 is 3.37. The predicted molar refractivity (Wildman–Crippen MR) is 82.1 cm³/mol. The highest BCUT2D eigenvalue weighted by Gasteiger charge is 2.48. The molecule has 0 aliphatic carbocycles. The fraction of sp³-hybridized carbons (Fsp3) is 0.571. The van der Waals surface area contributed by atoms with Crippen LogP contribution in [0.1, 0.15) is 18.9 Å². The highest BCUT2D eigenvalue weighted by Crippen LogP contribution is 2.37. The summed E-state index contributed by atoms with van der Waals surface area (Å²) in [5.41, 5.74) is 0.801. The average molecular weight is 359 g/mol. The molecule has 0 amide bonds. The highest BCUT2D eigenvalue weighted by molar-refractivity contribution is 9.10. The molecule has 6 heteroatoms. The van der Waals surface area contributed by atoms with E-state index in [1.54, 1.807) is 10.4 Å². The standard InChI is InChI=1S/C14H19BrN2O2S/c1-9-3-4-12(15)6-14(9)20(18,19)17-10(2)5-11-7-16-8-13(11)17/h3-4,6,10-11,13,16H,5,7-8H2,1-2H3. The van der Waals surface area contributed by atoms with E-state index in [0.29, 0.717) is 10.8 Å². The van der Waals surface area contributed by atoms with Crippen molar-refractivity contribution in [1.29, 1.82) is 0 Å². The maximum atomic E-state index is 13.0. The van der Waals surface area contributed by atoms with Crippen LogP contribution >= 0.6 is 15.9 Å². The Balaban J connectivity index is 2.05. The van der Waals surface area contributed by atoms with Gasteiger partial charge in [-0.1, -0.05) is 22.0 Å². The number of aryl methyl sites for hydroxylation is 1. The molecule has 0 bridgehead atoms. The van der Waals surface area contributed by atoms with Crippen molar-refractivity contribution in [3.8, 4) is 0 Å². The Morgan fingerprint density at radius 3 is 2.85 bits per heavy atom. The summed E-state index contributed by atoms with van der Waals surface area (Å²) < 4.78 is 28.6. The van der Waals surface area contributed by atoms with Crippen molar-refractivity contribution in [3.63, 3.8) is 0 Å². The number of benzene rings is 1. The lowest BCUT2D eigenvalue weighted by atomic mass is 10.0. The number of fused-ring (bicyclic) bond motifs is 1. The largest absolute Gasteiger partial charge is 0.315 e. The molecule has 1 N–H and O–H groups in total. The second kappa shape index (κ2) is 5.09. The summed E-state index contributed by atoms with van der Waals surface area (Å²) in [6.45, 7) is 5.56. The number of nitrogens with zero attached hydrogens (tertiary/aromatic N) is 1. The molecule has 0 aromatic heterocycles. The zero-order chi connectivity index (χ0) is 14.5. The van der Waals surface area contributed by atoms with Gasteiger partial charge in [0.2, 0.25) is 10.0 Å². The molecule has 3 atom stereocenters. The minimum atomic E-state index is -3.43. The van der Waals surface area contributed by atoms with E-state index in [4.69, 9.17) is 0 Å². The molecular weight excluding hydrogens is 340 g/mol. The lowest BCUT2D eigenvalue weighted by molar-refractivity contribution is 0.335. The van der Waals surface area contributed by atoms with Crippen LogP contribution in [0.15, 0.2) is 27.6 Å². The first-order valence-electron chi connectivity index (χ1n) is 6.91. The Morgan fingerprint density at radius 2 is 2.10 bits per heavy atom. The molecule has 2 fully saturated rings. The number of hydrogen-bond donors (Lipinski definition) is 1. The van der Waals surface area contributed by atoms with Crippen LogP contribution in [-0.2, 0) is 10.0 Å². The van der Waals surface area contributed by atoms with E-state index >= 15 is 0 Å². The predicted octanol–water partition coefficient (Wildman–Crippen LogP) is 2.13. The molecule has 20 heavy (non-hydrogen) atoms. The second-order valence-electron chi connectivity index (χ2n) is 5.82. The highest BCUT2D eigenvalue weighted by atomic mass is 79.9. The summed E-state index contributed by atoms with van der Waals surface area (Å²) in [7, 11) is -3.43. The average Bonchev–Trinajstić information content (AvgIpc) is 2.91. The van der Waals surface area contributed by atoms with Crippen LogP contribution in [-0.4, -0.2) is 37.9 Å². The minimum absolute atomic E-state index is 0.0791. The molecule has 2 heterocycles. The SMILES string of the molecule is Cc1ccc(Br)cc1S(=O)(=O)N1C(C)CC2CNCC21. The fourth-order valence-electron chi connectivity index (χ4n) is 3.51. The zero-order valence-electron chi connectivity index (χ0n) is 11.6. The van der Waals surface area contributed by atoms with Gasteiger partial charge in [-0.05, 0) is 50.4 Å². The van der Waals surface area contributed by atoms with E-state index in [1.165, 1.54) is 0 Å². The molecule has 1 aromatic rings. The van der Waals surface area contributed by atoms with Gasteiger partial charge in [0.05, 0.1) is 4.90 Å². The Hall–Kier alpha value is -0.430. The number of halogens is 1. The van der Waals surface area contributed by atoms with E-state index in [9.17, 15) is 8.42 Å². The van der Waals surface area contributed by atoms with Crippen molar-refractivity contribution >= 4 is 26.0 Å². The van der Waals surface area contributed by atoms with Crippen molar-refractivity contribution in [2.24, 2.45) is 5.92 Å². The summed E-state index contributed by atoms with van der Waals surface area (Å²) in [6.07, 6.45) is 0.948. The fourth-order valence-corrected chi connectivity index (χ4v) is 6.16. The first-order valence-corrected chi connectivity index (χ1v) is 9.15. The smallest absolute Gasteiger partial charge is 0.243 e. The Bertz CT molecular complexity index is 632. The normalized spacial score (nSPS) is 30.6. The van der Waals surface area contributed by atoms with Crippen molar-refractivity contribution in [2.45, 2.75) is 37.2 Å². The van der Waals surface area contributed by atoms with Gasteiger partial charge in [-0.15, -0.1) is 0 Å². The van der Waals surface area contributed by atoms with Crippen molar-refractivity contribution < 1.29 is 8.42 Å². The summed E-state index contributed by atoms with van der Waals surface area (Å²) in [4.78, 5) is 0.422.